The Morgan fingerprint density at radius 1 is 1.12 bits per heavy atom. The minimum absolute atomic E-state index is 0.257. The van der Waals surface area contributed by atoms with E-state index < -0.39 is 0 Å². The van der Waals surface area contributed by atoms with Gasteiger partial charge >= 0.3 is 0 Å². The molecule has 1 aliphatic carbocycles. The highest BCUT2D eigenvalue weighted by Crippen LogP contribution is 2.33. The van der Waals surface area contributed by atoms with Gasteiger partial charge in [-0.05, 0) is 36.2 Å². The number of carbonyl (C=O) groups is 1. The van der Waals surface area contributed by atoms with Gasteiger partial charge < -0.3 is 4.98 Å². The first-order valence-corrected chi connectivity index (χ1v) is 5.76. The molecule has 17 heavy (non-hydrogen) atoms. The average molecular weight is 222 g/mol. The monoisotopic (exact) mass is 222 g/mol. The van der Waals surface area contributed by atoms with Crippen LogP contribution in [0.1, 0.15) is 22.3 Å². The fourth-order valence-corrected chi connectivity index (χ4v) is 2.77. The standard InChI is InChI=1S/C14H10N2O/c17-12-6-4-9-8(12)3-5-10-13(9)14-11(16-10)2-1-7-15-14/h1-3,5,7,16H,4,6H2. The third kappa shape index (κ3) is 1.06. The minimum Gasteiger partial charge on any atom is -0.353 e. The molecule has 3 heteroatoms. The van der Waals surface area contributed by atoms with Gasteiger partial charge in [0.2, 0.25) is 0 Å². The predicted octanol–water partition coefficient (Wildman–Crippen LogP) is 2.85. The number of pyridine rings is 1. The zero-order chi connectivity index (χ0) is 11.4. The lowest BCUT2D eigenvalue weighted by Gasteiger charge is -1.99. The molecule has 1 aromatic carbocycles. The number of nitrogens with zero attached hydrogens (tertiary/aromatic N) is 1. The third-order valence-corrected chi connectivity index (χ3v) is 3.53. The molecule has 0 saturated carbocycles. The van der Waals surface area contributed by atoms with E-state index in [4.69, 9.17) is 0 Å². The summed E-state index contributed by atoms with van der Waals surface area (Å²) in [5.74, 6) is 0.257. The van der Waals surface area contributed by atoms with Gasteiger partial charge in [0.1, 0.15) is 0 Å². The lowest BCUT2D eigenvalue weighted by Crippen LogP contribution is -1.90. The lowest BCUT2D eigenvalue weighted by atomic mass is 10.0. The number of benzene rings is 1. The van der Waals surface area contributed by atoms with E-state index in [-0.39, 0.29) is 5.78 Å². The van der Waals surface area contributed by atoms with Gasteiger partial charge in [0.25, 0.3) is 0 Å². The van der Waals surface area contributed by atoms with Gasteiger partial charge in [0.05, 0.1) is 11.0 Å². The van der Waals surface area contributed by atoms with E-state index in [2.05, 4.69) is 9.97 Å². The van der Waals surface area contributed by atoms with Crippen LogP contribution in [-0.4, -0.2) is 15.8 Å². The van der Waals surface area contributed by atoms with E-state index in [9.17, 15) is 4.79 Å². The van der Waals surface area contributed by atoms with Crippen molar-refractivity contribution in [2.75, 3.05) is 0 Å². The molecule has 1 aliphatic rings. The summed E-state index contributed by atoms with van der Waals surface area (Å²) in [6.45, 7) is 0. The third-order valence-electron chi connectivity index (χ3n) is 3.53. The summed E-state index contributed by atoms with van der Waals surface area (Å²) in [6.07, 6.45) is 3.27. The summed E-state index contributed by atoms with van der Waals surface area (Å²) < 4.78 is 0. The molecule has 0 radical (unpaired) electrons. The molecule has 0 bridgehead atoms. The van der Waals surface area contributed by atoms with Gasteiger partial charge in [0.15, 0.2) is 5.78 Å². The van der Waals surface area contributed by atoms with Crippen molar-refractivity contribution in [2.45, 2.75) is 12.8 Å². The van der Waals surface area contributed by atoms with Crippen LogP contribution in [0.2, 0.25) is 0 Å². The van der Waals surface area contributed by atoms with Crippen LogP contribution in [-0.2, 0) is 6.42 Å². The quantitative estimate of drug-likeness (QED) is 0.635. The van der Waals surface area contributed by atoms with Gasteiger partial charge in [0, 0.05) is 29.1 Å². The summed E-state index contributed by atoms with van der Waals surface area (Å²) in [4.78, 5) is 19.5. The van der Waals surface area contributed by atoms with Crippen LogP contribution in [0.4, 0.5) is 0 Å². The average Bonchev–Trinajstić information content (AvgIpc) is 2.90. The van der Waals surface area contributed by atoms with Gasteiger partial charge in [-0.25, -0.2) is 0 Å². The first-order chi connectivity index (χ1) is 8.34. The van der Waals surface area contributed by atoms with Crippen molar-refractivity contribution in [3.63, 3.8) is 0 Å². The zero-order valence-corrected chi connectivity index (χ0v) is 9.16. The zero-order valence-electron chi connectivity index (χ0n) is 9.16. The normalized spacial score (nSPS) is 14.7. The van der Waals surface area contributed by atoms with E-state index in [1.807, 2.05) is 24.3 Å². The largest absolute Gasteiger partial charge is 0.353 e. The molecule has 3 aromatic rings. The van der Waals surface area contributed by atoms with Crippen LogP contribution >= 0.6 is 0 Å². The Morgan fingerprint density at radius 3 is 3.00 bits per heavy atom. The van der Waals surface area contributed by atoms with E-state index in [0.717, 1.165) is 39.5 Å². The van der Waals surface area contributed by atoms with Crippen LogP contribution in [0, 0.1) is 0 Å². The Bertz CT molecular complexity index is 770. The van der Waals surface area contributed by atoms with Crippen molar-refractivity contribution in [2.24, 2.45) is 0 Å². The first kappa shape index (κ1) is 8.93. The number of nitrogens with one attached hydrogen (secondary N) is 1. The Morgan fingerprint density at radius 2 is 2.06 bits per heavy atom. The molecule has 4 rings (SSSR count). The summed E-state index contributed by atoms with van der Waals surface area (Å²) in [5.41, 5.74) is 5.14. The number of rotatable bonds is 0. The number of Topliss-reactive ketones (excluding diaryl/α,β-unsaturated/α-hetero) is 1. The Balaban J connectivity index is 2.26. The Labute approximate surface area is 97.5 Å². The molecular weight excluding hydrogens is 212 g/mol. The summed E-state index contributed by atoms with van der Waals surface area (Å²) in [5, 5.41) is 1.13. The van der Waals surface area contributed by atoms with Crippen molar-refractivity contribution in [1.29, 1.82) is 0 Å². The van der Waals surface area contributed by atoms with Crippen molar-refractivity contribution in [1.82, 2.24) is 9.97 Å². The van der Waals surface area contributed by atoms with Crippen molar-refractivity contribution in [3.8, 4) is 0 Å². The number of hydrogen-bond acceptors (Lipinski definition) is 2. The molecule has 0 fully saturated rings. The van der Waals surface area contributed by atoms with Crippen LogP contribution < -0.4 is 0 Å². The first-order valence-electron chi connectivity index (χ1n) is 5.76. The van der Waals surface area contributed by atoms with Crippen LogP contribution in [0.25, 0.3) is 21.9 Å². The smallest absolute Gasteiger partial charge is 0.163 e. The van der Waals surface area contributed by atoms with Crippen LogP contribution in [0.3, 0.4) is 0 Å². The lowest BCUT2D eigenvalue weighted by molar-refractivity contribution is 0.0994. The number of aryl methyl sites for hydroxylation is 1. The molecule has 0 unspecified atom stereocenters. The second-order valence-corrected chi connectivity index (χ2v) is 4.46. The number of hydrogen-bond donors (Lipinski definition) is 1. The highest BCUT2D eigenvalue weighted by molar-refractivity contribution is 6.13. The maximum Gasteiger partial charge on any atom is 0.163 e. The number of carbonyl (C=O) groups excluding carboxylic acids is 1. The number of H-pyrrole nitrogens is 1. The molecule has 3 nitrogen and oxygen atoms in total. The molecular formula is C14H10N2O. The Hall–Kier alpha value is -2.16. The molecule has 2 aromatic heterocycles. The second kappa shape index (κ2) is 2.94. The number of aromatic nitrogens is 2. The van der Waals surface area contributed by atoms with Crippen LogP contribution in [0.5, 0.6) is 0 Å². The number of fused-ring (bicyclic) bond motifs is 5. The topological polar surface area (TPSA) is 45.8 Å². The van der Waals surface area contributed by atoms with Crippen LogP contribution in [0.15, 0.2) is 30.5 Å². The maximum atomic E-state index is 11.7. The highest BCUT2D eigenvalue weighted by Gasteiger charge is 2.23. The Kier molecular flexibility index (Phi) is 1.55. The van der Waals surface area contributed by atoms with Gasteiger partial charge in [-0.1, -0.05) is 0 Å². The molecule has 0 saturated heterocycles. The summed E-state index contributed by atoms with van der Waals surface area (Å²) in [7, 11) is 0. The van der Waals surface area contributed by atoms with E-state index in [0.29, 0.717) is 6.42 Å². The molecule has 2 heterocycles. The highest BCUT2D eigenvalue weighted by atomic mass is 16.1. The fraction of sp³-hybridized carbons (Fsp3) is 0.143. The maximum absolute atomic E-state index is 11.7. The molecule has 0 spiro atoms. The van der Waals surface area contributed by atoms with E-state index in [1.54, 1.807) is 6.20 Å². The number of ketones is 1. The van der Waals surface area contributed by atoms with E-state index >= 15 is 0 Å². The SMILES string of the molecule is O=C1CCc2c1ccc1[nH]c3cccnc3c21. The van der Waals surface area contributed by atoms with Gasteiger partial charge in [-0.3, -0.25) is 9.78 Å². The second-order valence-electron chi connectivity index (χ2n) is 4.46. The van der Waals surface area contributed by atoms with E-state index in [1.165, 1.54) is 0 Å². The van der Waals surface area contributed by atoms with Crippen molar-refractivity contribution < 1.29 is 4.79 Å². The molecule has 0 atom stereocenters. The fourth-order valence-electron chi connectivity index (χ4n) is 2.77. The number of aromatic amines is 1. The van der Waals surface area contributed by atoms with Gasteiger partial charge in [-0.15, -0.1) is 0 Å². The van der Waals surface area contributed by atoms with Crippen molar-refractivity contribution in [3.05, 3.63) is 41.6 Å². The minimum atomic E-state index is 0.257. The van der Waals surface area contributed by atoms with Crippen molar-refractivity contribution >= 4 is 27.7 Å². The molecule has 0 amide bonds. The summed E-state index contributed by atoms with van der Waals surface area (Å²) in [6, 6.07) is 7.86. The molecule has 0 aliphatic heterocycles. The molecule has 1 N–H and O–H groups in total. The van der Waals surface area contributed by atoms with Gasteiger partial charge in [-0.2, -0.15) is 0 Å². The predicted molar refractivity (Wildman–Crippen MR) is 66.3 cm³/mol. The summed E-state index contributed by atoms with van der Waals surface area (Å²) >= 11 is 0. The molecule has 82 valence electrons.